The Hall–Kier alpha value is -3.32. The van der Waals surface area contributed by atoms with Crippen LogP contribution in [-0.4, -0.2) is 27.0 Å². The first-order chi connectivity index (χ1) is 15.1. The molecule has 6 nitrogen and oxygen atoms in total. The van der Waals surface area contributed by atoms with E-state index in [0.717, 1.165) is 22.3 Å². The van der Waals surface area contributed by atoms with Crippen molar-refractivity contribution in [1.82, 2.24) is 0 Å². The number of fused-ring (bicyclic) bond motifs is 1. The second kappa shape index (κ2) is 8.31. The van der Waals surface area contributed by atoms with Gasteiger partial charge in [0, 0.05) is 5.69 Å². The molecule has 0 spiro atoms. The van der Waals surface area contributed by atoms with Crippen molar-refractivity contribution < 1.29 is 17.9 Å². The van der Waals surface area contributed by atoms with Gasteiger partial charge in [0.15, 0.2) is 6.10 Å². The van der Waals surface area contributed by atoms with Gasteiger partial charge in [-0.05, 0) is 80.8 Å². The number of ether oxygens (including phenoxy) is 1. The minimum Gasteiger partial charge on any atom is -0.476 e. The predicted molar refractivity (Wildman–Crippen MR) is 126 cm³/mol. The second-order valence-electron chi connectivity index (χ2n) is 8.22. The van der Waals surface area contributed by atoms with Crippen LogP contribution in [0.15, 0.2) is 65.6 Å². The fourth-order valence-corrected chi connectivity index (χ4v) is 5.07. The molecule has 0 unspecified atom stereocenters. The molecule has 0 radical (unpaired) electrons. The molecule has 0 aromatic heterocycles. The zero-order valence-electron chi connectivity index (χ0n) is 18.5. The van der Waals surface area contributed by atoms with Gasteiger partial charge in [0.25, 0.3) is 15.9 Å². The third kappa shape index (κ3) is 4.21. The maximum Gasteiger partial charge on any atom is 0.267 e. The van der Waals surface area contributed by atoms with E-state index in [1.165, 1.54) is 4.31 Å². The summed E-state index contributed by atoms with van der Waals surface area (Å²) in [6.07, 6.45) is -0.993. The SMILES string of the molecule is Cc1ccc(S(=O)(=O)N2C[C@H](C(=O)Nc3ccc(C)c(C)c3)Oc3ccc(C)cc32)cc1. The van der Waals surface area contributed by atoms with E-state index in [0.29, 0.717) is 17.1 Å². The molecule has 7 heteroatoms. The minimum atomic E-state index is -3.89. The number of rotatable bonds is 4. The standard InChI is InChI=1S/C25H26N2O4S/c1-16-5-10-21(11-6-16)32(29,30)27-15-24(31-23-12-7-17(2)13-22(23)27)25(28)26-20-9-8-18(3)19(4)14-20/h5-14,24H,15H2,1-4H3,(H,26,28)/t24-/m1/s1. The molecule has 0 bridgehead atoms. The van der Waals surface area contributed by atoms with Crippen LogP contribution in [0.4, 0.5) is 11.4 Å². The molecule has 0 aliphatic carbocycles. The molecule has 4 rings (SSSR count). The normalized spacial score (nSPS) is 15.6. The van der Waals surface area contributed by atoms with Crippen LogP contribution < -0.4 is 14.4 Å². The van der Waals surface area contributed by atoms with Crippen molar-refractivity contribution in [3.63, 3.8) is 0 Å². The molecule has 166 valence electrons. The summed E-state index contributed by atoms with van der Waals surface area (Å²) in [5.41, 5.74) is 5.11. The van der Waals surface area contributed by atoms with E-state index in [4.69, 9.17) is 4.74 Å². The highest BCUT2D eigenvalue weighted by Crippen LogP contribution is 2.38. The summed E-state index contributed by atoms with van der Waals surface area (Å²) in [6.45, 7) is 7.63. The van der Waals surface area contributed by atoms with Crippen molar-refractivity contribution in [3.8, 4) is 5.75 Å². The molecule has 0 saturated heterocycles. The first kappa shape index (κ1) is 21.9. The summed E-state index contributed by atoms with van der Waals surface area (Å²) in [6, 6.07) is 17.6. The van der Waals surface area contributed by atoms with Gasteiger partial charge in [-0.1, -0.05) is 29.8 Å². The minimum absolute atomic E-state index is 0.122. The van der Waals surface area contributed by atoms with Gasteiger partial charge in [0.05, 0.1) is 17.1 Å². The lowest BCUT2D eigenvalue weighted by Crippen LogP contribution is -2.48. The number of anilines is 2. The largest absolute Gasteiger partial charge is 0.476 e. The van der Waals surface area contributed by atoms with Crippen LogP contribution in [0.1, 0.15) is 22.3 Å². The van der Waals surface area contributed by atoms with Crippen LogP contribution in [0.25, 0.3) is 0 Å². The molecule has 1 atom stereocenters. The van der Waals surface area contributed by atoms with Crippen molar-refractivity contribution >= 4 is 27.3 Å². The fourth-order valence-electron chi connectivity index (χ4n) is 3.60. The van der Waals surface area contributed by atoms with E-state index < -0.39 is 22.0 Å². The summed E-state index contributed by atoms with van der Waals surface area (Å²) in [5, 5.41) is 2.86. The van der Waals surface area contributed by atoms with Crippen molar-refractivity contribution in [2.24, 2.45) is 0 Å². The molecule has 32 heavy (non-hydrogen) atoms. The topological polar surface area (TPSA) is 75.7 Å². The number of amides is 1. The molecule has 1 aliphatic heterocycles. The van der Waals surface area contributed by atoms with Crippen LogP contribution >= 0.6 is 0 Å². The monoisotopic (exact) mass is 450 g/mol. The summed E-state index contributed by atoms with van der Waals surface area (Å²) in [4.78, 5) is 13.2. The third-order valence-corrected chi connectivity index (χ3v) is 7.45. The van der Waals surface area contributed by atoms with Crippen LogP contribution in [0.5, 0.6) is 5.75 Å². The number of aryl methyl sites for hydroxylation is 4. The molecule has 1 aliphatic rings. The number of nitrogens with one attached hydrogen (secondary N) is 1. The molecular weight excluding hydrogens is 424 g/mol. The van der Waals surface area contributed by atoms with Gasteiger partial charge in [-0.3, -0.25) is 9.10 Å². The number of carbonyl (C=O) groups excluding carboxylic acids is 1. The summed E-state index contributed by atoms with van der Waals surface area (Å²) < 4.78 is 34.2. The average Bonchev–Trinajstić information content (AvgIpc) is 2.75. The maximum atomic E-state index is 13.5. The molecule has 1 N–H and O–H groups in total. The van der Waals surface area contributed by atoms with Gasteiger partial charge in [0.1, 0.15) is 5.75 Å². The van der Waals surface area contributed by atoms with E-state index in [2.05, 4.69) is 5.32 Å². The summed E-state index contributed by atoms with van der Waals surface area (Å²) in [5.74, 6) is -0.0404. The number of benzene rings is 3. The Morgan fingerprint density at radius 1 is 0.906 bits per heavy atom. The van der Waals surface area contributed by atoms with Gasteiger partial charge in [-0.25, -0.2) is 8.42 Å². The Balaban J connectivity index is 1.69. The van der Waals surface area contributed by atoms with Gasteiger partial charge in [0.2, 0.25) is 0 Å². The molecular formula is C25H26N2O4S. The van der Waals surface area contributed by atoms with Crippen LogP contribution in [0, 0.1) is 27.7 Å². The first-order valence-electron chi connectivity index (χ1n) is 10.4. The third-order valence-electron chi connectivity index (χ3n) is 5.66. The van der Waals surface area contributed by atoms with Crippen molar-refractivity contribution in [2.45, 2.75) is 38.7 Å². The number of carbonyl (C=O) groups is 1. The van der Waals surface area contributed by atoms with Crippen molar-refractivity contribution in [2.75, 3.05) is 16.2 Å². The average molecular weight is 451 g/mol. The van der Waals surface area contributed by atoms with Gasteiger partial charge < -0.3 is 10.1 Å². The summed E-state index contributed by atoms with van der Waals surface area (Å²) in [7, 11) is -3.89. The number of hydrogen-bond donors (Lipinski definition) is 1. The Morgan fingerprint density at radius 3 is 2.28 bits per heavy atom. The fraction of sp³-hybridized carbons (Fsp3) is 0.240. The van der Waals surface area contributed by atoms with Crippen LogP contribution in [-0.2, 0) is 14.8 Å². The van der Waals surface area contributed by atoms with Crippen molar-refractivity contribution in [1.29, 1.82) is 0 Å². The molecule has 1 heterocycles. The van der Waals surface area contributed by atoms with E-state index in [9.17, 15) is 13.2 Å². The highest BCUT2D eigenvalue weighted by atomic mass is 32.2. The highest BCUT2D eigenvalue weighted by molar-refractivity contribution is 7.92. The lowest BCUT2D eigenvalue weighted by Gasteiger charge is -2.35. The second-order valence-corrected chi connectivity index (χ2v) is 10.1. The van der Waals surface area contributed by atoms with Gasteiger partial charge in [-0.2, -0.15) is 0 Å². The maximum absolute atomic E-state index is 13.5. The zero-order valence-corrected chi connectivity index (χ0v) is 19.4. The molecule has 1 amide bonds. The Kier molecular flexibility index (Phi) is 5.69. The van der Waals surface area contributed by atoms with E-state index in [-0.39, 0.29) is 11.4 Å². The highest BCUT2D eigenvalue weighted by Gasteiger charge is 2.37. The van der Waals surface area contributed by atoms with Crippen molar-refractivity contribution in [3.05, 3.63) is 82.9 Å². The summed E-state index contributed by atoms with van der Waals surface area (Å²) >= 11 is 0. The quantitative estimate of drug-likeness (QED) is 0.634. The number of nitrogens with zero attached hydrogens (tertiary/aromatic N) is 1. The number of hydrogen-bond acceptors (Lipinski definition) is 4. The Morgan fingerprint density at radius 2 is 1.59 bits per heavy atom. The lowest BCUT2D eigenvalue weighted by molar-refractivity contribution is -0.122. The van der Waals surface area contributed by atoms with Gasteiger partial charge in [-0.15, -0.1) is 0 Å². The van der Waals surface area contributed by atoms with E-state index in [1.807, 2.05) is 52.0 Å². The van der Waals surface area contributed by atoms with E-state index >= 15 is 0 Å². The van der Waals surface area contributed by atoms with E-state index in [1.54, 1.807) is 36.4 Å². The Bertz CT molecular complexity index is 1280. The molecule has 0 fully saturated rings. The molecule has 3 aromatic carbocycles. The van der Waals surface area contributed by atoms with Crippen LogP contribution in [0.2, 0.25) is 0 Å². The molecule has 3 aromatic rings. The lowest BCUT2D eigenvalue weighted by atomic mass is 10.1. The zero-order chi connectivity index (χ0) is 23.0. The first-order valence-corrected chi connectivity index (χ1v) is 11.8. The number of sulfonamides is 1. The van der Waals surface area contributed by atoms with Crippen LogP contribution in [0.3, 0.4) is 0 Å². The van der Waals surface area contributed by atoms with Gasteiger partial charge >= 0.3 is 0 Å². The Labute approximate surface area is 188 Å². The smallest absolute Gasteiger partial charge is 0.267 e. The molecule has 0 saturated carbocycles. The predicted octanol–water partition coefficient (Wildman–Crippen LogP) is 4.52.